The van der Waals surface area contributed by atoms with E-state index in [2.05, 4.69) is 422 Å². The molecule has 3 heterocycles. The third-order valence-corrected chi connectivity index (χ3v) is 29.9. The Labute approximate surface area is 851 Å². The van der Waals surface area contributed by atoms with Crippen molar-refractivity contribution in [1.82, 2.24) is 13.7 Å². The molecule has 18 rings (SSSR count). The average molecular weight is 1900 g/mol. The van der Waals surface area contributed by atoms with Crippen molar-refractivity contribution in [3.8, 4) is 84.8 Å². The van der Waals surface area contributed by atoms with Gasteiger partial charge in [-0.3, -0.25) is 0 Å². The molecule has 3 aromatic heterocycles. The number of benzene rings is 14. The minimum Gasteiger partial charge on any atom is -0.308 e. The first-order valence-corrected chi connectivity index (χ1v) is 51.4. The first-order chi connectivity index (χ1) is 66.2. The van der Waals surface area contributed by atoms with Crippen LogP contribution in [-0.2, 0) is 71.4 Å². The van der Waals surface area contributed by atoms with Crippen LogP contribution in [0.5, 0.6) is 0 Å². The molecule has 0 unspecified atom stereocenters. The Hall–Kier alpha value is -12.8. The third kappa shape index (κ3) is 19.5. The molecule has 1 aliphatic rings. The highest BCUT2D eigenvalue weighted by Crippen LogP contribution is 2.56. The van der Waals surface area contributed by atoms with Gasteiger partial charge in [0, 0.05) is 49.0 Å². The third-order valence-electron chi connectivity index (χ3n) is 29.9. The summed E-state index contributed by atoms with van der Waals surface area (Å²) in [6.07, 6.45) is 1.08. The molecule has 17 aromatic rings. The van der Waals surface area contributed by atoms with Crippen LogP contribution in [0.3, 0.4) is 0 Å². The van der Waals surface area contributed by atoms with E-state index in [4.69, 9.17) is 0 Å². The molecule has 0 amide bonds. The van der Waals surface area contributed by atoms with Gasteiger partial charge in [0.1, 0.15) is 23.5 Å². The van der Waals surface area contributed by atoms with Crippen LogP contribution in [0, 0.1) is 40.1 Å². The number of aromatic nitrogens is 3. The van der Waals surface area contributed by atoms with Gasteiger partial charge in [0.25, 0.3) is 0 Å². The molecule has 0 atom stereocenters. The highest BCUT2D eigenvalue weighted by Gasteiger charge is 2.39. The SMILES string of the molecule is CC(C)(C)c1ccc(-c2c(C#N)c(-n3c4ccc(C(C)(C)C)cc4c4cc(C(C)(C)C)ccc43)c(-n3c4ccc(C(C)(C)C)cc4c4cc(C(C)(C)C)ccc43)c(-c3ccc(C(C)(C)C)cc3)c2-n2c3ccc(C(C)(C)C)cc3c3cc(C(C)(C)C)ccc32)cc1.CC(C)(C)c1ccc(-c2c(F)c(F)c(C#N)c(-c3ccc(C(C)(C)C)cc3)c2F)cc1.CC(C)(C)c1ccc2c(c1)-c1cc(C(C)(C)C)ccc1C2. The predicted octanol–water partition coefficient (Wildman–Crippen LogP) is 38.3. The second kappa shape index (κ2) is 35.9. The second-order valence-electron chi connectivity index (χ2n) is 53.1. The summed E-state index contributed by atoms with van der Waals surface area (Å²) in [4.78, 5) is 0. The number of hydrogen-bond acceptors (Lipinski definition) is 2. The maximum atomic E-state index is 15.6. The molecule has 8 heteroatoms. The van der Waals surface area contributed by atoms with E-state index in [0.717, 1.165) is 101 Å². The summed E-state index contributed by atoms with van der Waals surface area (Å²) in [5, 5.41) is 29.7. The fourth-order valence-electron chi connectivity index (χ4n) is 20.6. The molecule has 0 fully saturated rings. The van der Waals surface area contributed by atoms with Gasteiger partial charge in [-0.05, 0) is 255 Å². The number of rotatable bonds is 7. The number of hydrogen-bond donors (Lipinski definition) is 0. The number of nitriles is 2. The lowest BCUT2D eigenvalue weighted by molar-refractivity contribution is 0.497. The van der Waals surface area contributed by atoms with Crippen molar-refractivity contribution in [2.45, 2.75) is 321 Å². The lowest BCUT2D eigenvalue weighted by Gasteiger charge is -2.30. The number of halogens is 3. The van der Waals surface area contributed by atoms with E-state index in [-0.39, 0.29) is 76.1 Å². The molecule has 0 bridgehead atoms. The standard InChI is InChI=1S/C87H98N4.C27H26F3N.C21H26/c1-80(2,3)54-29-25-52(26-30-54)75-68(51-88)77(89-69-39-33-56(82(7,8)9)45-62(69)63-46-57(83(10,11)12)34-40-70(63)89)79(91-73-43-37-60(86(19,20)21)49-66(73)67-50-61(87(22,23)24)38-44-74(67)91)76(53-27-31-55(32-28-53)81(4,5)6)78(75)90-71-41-35-58(84(13,14)15)47-64(71)65-48-59(85(16,17)18)36-42-72(65)90;1-26(2,3)18-11-7-16(8-12-18)21-20(15-31)23(28)25(30)22(24(21)29)17-9-13-19(14-10-17)27(4,5)6;1-20(2,3)16-9-7-14-11-15-8-10-17(21(4,5)6)13-19(15)18(14)12-16/h25-50H,1-24H3;7-14H,1-6H3;7-10,12-13H,11H2,1-6H3. The van der Waals surface area contributed by atoms with Crippen LogP contribution in [0.15, 0.2) is 243 Å². The van der Waals surface area contributed by atoms with E-state index < -0.39 is 28.6 Å². The molecule has 0 aliphatic heterocycles. The zero-order chi connectivity index (χ0) is 105. The quantitative estimate of drug-likeness (QED) is 0.149. The fourth-order valence-corrected chi connectivity index (χ4v) is 20.6. The lowest BCUT2D eigenvalue weighted by Crippen LogP contribution is -2.15. The van der Waals surface area contributed by atoms with Crippen LogP contribution in [0.4, 0.5) is 13.2 Å². The second-order valence-corrected chi connectivity index (χ2v) is 53.1. The summed E-state index contributed by atoms with van der Waals surface area (Å²) in [5.41, 5.74) is 32.9. The van der Waals surface area contributed by atoms with Crippen molar-refractivity contribution in [2.75, 3.05) is 0 Å². The Morgan fingerprint density at radius 2 is 0.399 bits per heavy atom. The first kappa shape index (κ1) is 103. The smallest absolute Gasteiger partial charge is 0.178 e. The molecule has 0 radical (unpaired) electrons. The minimum absolute atomic E-state index is 0.117. The summed E-state index contributed by atoms with van der Waals surface area (Å²) in [6, 6.07) is 94.2. The van der Waals surface area contributed by atoms with Gasteiger partial charge in [0.15, 0.2) is 11.6 Å². The van der Waals surface area contributed by atoms with Gasteiger partial charge in [0.2, 0.25) is 0 Å². The zero-order valence-corrected chi connectivity index (χ0v) is 92.2. The van der Waals surface area contributed by atoms with E-state index in [9.17, 15) is 19.3 Å². The van der Waals surface area contributed by atoms with Crippen LogP contribution in [0.1, 0.15) is 338 Å². The zero-order valence-electron chi connectivity index (χ0n) is 92.2. The average Bonchev–Trinajstić information content (AvgIpc) is 1.54. The highest BCUT2D eigenvalue weighted by molar-refractivity contribution is 6.17. The van der Waals surface area contributed by atoms with Crippen molar-refractivity contribution in [3.63, 3.8) is 0 Å². The Balaban J connectivity index is 0.000000227. The van der Waals surface area contributed by atoms with E-state index >= 15 is 4.39 Å². The fraction of sp³-hybridized carbons (Fsp3) is 0.363. The van der Waals surface area contributed by atoms with E-state index in [1.165, 1.54) is 99.4 Å². The predicted molar refractivity (Wildman–Crippen MR) is 606 cm³/mol. The summed E-state index contributed by atoms with van der Waals surface area (Å²) < 4.78 is 53.0. The molecule has 0 saturated heterocycles. The van der Waals surface area contributed by atoms with Crippen LogP contribution >= 0.6 is 0 Å². The molecule has 0 N–H and O–H groups in total. The molecule has 736 valence electrons. The van der Waals surface area contributed by atoms with Crippen LogP contribution in [-0.4, -0.2) is 13.7 Å². The molecular formula is C135H150F3N5. The molecule has 14 aromatic carbocycles. The Bertz CT molecular complexity index is 7710. The molecule has 0 saturated carbocycles. The molecule has 143 heavy (non-hydrogen) atoms. The van der Waals surface area contributed by atoms with Gasteiger partial charge >= 0.3 is 0 Å². The van der Waals surface area contributed by atoms with E-state index in [0.29, 0.717) is 11.1 Å². The summed E-state index contributed by atoms with van der Waals surface area (Å²) in [6.45, 7) is 81.5. The van der Waals surface area contributed by atoms with Crippen molar-refractivity contribution in [3.05, 3.63) is 349 Å². The monoisotopic (exact) mass is 1900 g/mol. The molecule has 5 nitrogen and oxygen atoms in total. The number of nitrogens with zero attached hydrogens (tertiary/aromatic N) is 5. The van der Waals surface area contributed by atoms with Crippen molar-refractivity contribution < 1.29 is 13.2 Å². The first-order valence-electron chi connectivity index (χ1n) is 51.4. The van der Waals surface area contributed by atoms with Crippen LogP contribution in [0.2, 0.25) is 0 Å². The minimum atomic E-state index is -1.35. The van der Waals surface area contributed by atoms with E-state index in [1.54, 1.807) is 42.5 Å². The number of fused-ring (bicyclic) bond motifs is 12. The van der Waals surface area contributed by atoms with E-state index in [1.807, 2.05) is 53.7 Å². The maximum absolute atomic E-state index is 15.6. The van der Waals surface area contributed by atoms with Gasteiger partial charge in [-0.15, -0.1) is 0 Å². The summed E-state index contributed by atoms with van der Waals surface area (Å²) in [5.74, 6) is -3.64. The largest absolute Gasteiger partial charge is 0.308 e. The normalized spacial score (nSPS) is 13.2. The topological polar surface area (TPSA) is 62.4 Å². The van der Waals surface area contributed by atoms with Gasteiger partial charge in [-0.1, -0.05) is 419 Å². The highest BCUT2D eigenvalue weighted by atomic mass is 19.2. The van der Waals surface area contributed by atoms with Gasteiger partial charge in [-0.25, -0.2) is 13.2 Å². The molecule has 1 aliphatic carbocycles. The maximum Gasteiger partial charge on any atom is 0.178 e. The van der Waals surface area contributed by atoms with Gasteiger partial charge < -0.3 is 13.7 Å². The summed E-state index contributed by atoms with van der Waals surface area (Å²) >= 11 is 0. The van der Waals surface area contributed by atoms with Gasteiger partial charge in [0.05, 0.1) is 61.3 Å². The van der Waals surface area contributed by atoms with Crippen LogP contribution < -0.4 is 0 Å². The van der Waals surface area contributed by atoms with Crippen molar-refractivity contribution >= 4 is 65.4 Å². The van der Waals surface area contributed by atoms with Gasteiger partial charge in [-0.2, -0.15) is 10.5 Å². The Morgan fingerprint density at radius 1 is 0.196 bits per heavy atom. The Kier molecular flexibility index (Phi) is 25.9. The van der Waals surface area contributed by atoms with Crippen molar-refractivity contribution in [2.24, 2.45) is 0 Å². The van der Waals surface area contributed by atoms with Crippen molar-refractivity contribution in [1.29, 1.82) is 10.5 Å². The van der Waals surface area contributed by atoms with Crippen LogP contribution in [0.25, 0.3) is 138 Å². The Morgan fingerprint density at radius 3 is 0.643 bits per heavy atom. The lowest BCUT2D eigenvalue weighted by atomic mass is 9.83. The molecular weight excluding hydrogens is 1750 g/mol. The summed E-state index contributed by atoms with van der Waals surface area (Å²) in [7, 11) is 0. The molecule has 0 spiro atoms.